The number of anilines is 1. The molecule has 4 nitrogen and oxygen atoms in total. The molecular formula is C20H22N2O2S2. The lowest BCUT2D eigenvalue weighted by Crippen LogP contribution is -2.38. The van der Waals surface area contributed by atoms with Gasteiger partial charge in [0.15, 0.2) is 5.13 Å². The molecule has 1 saturated heterocycles. The Morgan fingerprint density at radius 3 is 3.00 bits per heavy atom. The molecule has 0 saturated carbocycles. The van der Waals surface area contributed by atoms with E-state index in [4.69, 9.17) is 9.72 Å². The Labute approximate surface area is 161 Å². The number of fused-ring (bicyclic) bond motifs is 1. The molecule has 2 aromatic heterocycles. The third-order valence-corrected chi connectivity index (χ3v) is 6.64. The lowest BCUT2D eigenvalue weighted by Gasteiger charge is -2.22. The van der Waals surface area contributed by atoms with Crippen LogP contribution in [0.1, 0.15) is 30.2 Å². The molecular weight excluding hydrogens is 364 g/mol. The Bertz CT molecular complexity index is 882. The van der Waals surface area contributed by atoms with E-state index in [0.717, 1.165) is 46.1 Å². The summed E-state index contributed by atoms with van der Waals surface area (Å²) in [4.78, 5) is 20.9. The Kier molecular flexibility index (Phi) is 5.33. The number of aromatic nitrogens is 1. The number of para-hydroxylation sites is 1. The number of thiazole rings is 1. The summed E-state index contributed by atoms with van der Waals surface area (Å²) in [5.41, 5.74) is 2.25. The minimum absolute atomic E-state index is 0.0973. The van der Waals surface area contributed by atoms with Gasteiger partial charge in [-0.1, -0.05) is 36.5 Å². The van der Waals surface area contributed by atoms with Crippen LogP contribution in [0, 0.1) is 0 Å². The molecule has 0 N–H and O–H groups in total. The van der Waals surface area contributed by atoms with Gasteiger partial charge >= 0.3 is 0 Å². The van der Waals surface area contributed by atoms with Gasteiger partial charge in [0, 0.05) is 11.5 Å². The molecule has 1 amide bonds. The summed E-state index contributed by atoms with van der Waals surface area (Å²) in [6.45, 7) is 3.52. The van der Waals surface area contributed by atoms with Crippen molar-refractivity contribution in [1.29, 1.82) is 0 Å². The van der Waals surface area contributed by atoms with Crippen molar-refractivity contribution >= 4 is 43.9 Å². The number of carbonyl (C=O) groups excluding carboxylic acids is 1. The fourth-order valence-corrected chi connectivity index (χ4v) is 5.07. The van der Waals surface area contributed by atoms with E-state index in [9.17, 15) is 4.79 Å². The Balaban J connectivity index is 1.66. The van der Waals surface area contributed by atoms with Crippen molar-refractivity contribution in [3.05, 3.63) is 46.2 Å². The molecule has 1 unspecified atom stereocenters. The number of carbonyl (C=O) groups is 1. The number of rotatable bonds is 6. The summed E-state index contributed by atoms with van der Waals surface area (Å²) in [6, 6.07) is 10.3. The third-order valence-electron chi connectivity index (χ3n) is 4.72. The van der Waals surface area contributed by atoms with Crippen LogP contribution in [0.25, 0.3) is 10.2 Å². The summed E-state index contributed by atoms with van der Waals surface area (Å²) in [5, 5.41) is 2.80. The maximum absolute atomic E-state index is 13.1. The van der Waals surface area contributed by atoms with Crippen LogP contribution >= 0.6 is 22.7 Å². The van der Waals surface area contributed by atoms with Gasteiger partial charge in [0.2, 0.25) is 5.91 Å². The number of benzene rings is 1. The van der Waals surface area contributed by atoms with Gasteiger partial charge in [0.1, 0.15) is 0 Å². The van der Waals surface area contributed by atoms with E-state index >= 15 is 0 Å². The van der Waals surface area contributed by atoms with Crippen molar-refractivity contribution in [2.45, 2.75) is 38.7 Å². The standard InChI is InChI=1S/C20H22N2O2S2/c1-2-14-6-3-9-17-19(14)21-20(26-17)22(13-15-7-4-10-24-15)18(23)12-16-8-5-11-25-16/h3,5-6,8-9,11,15H,2,4,7,10,12-13H2,1H3. The zero-order chi connectivity index (χ0) is 17.9. The largest absolute Gasteiger partial charge is 0.376 e. The lowest BCUT2D eigenvalue weighted by atomic mass is 10.1. The van der Waals surface area contributed by atoms with E-state index in [0.29, 0.717) is 13.0 Å². The summed E-state index contributed by atoms with van der Waals surface area (Å²) in [5.74, 6) is 0.0973. The van der Waals surface area contributed by atoms with Gasteiger partial charge in [-0.05, 0) is 42.3 Å². The lowest BCUT2D eigenvalue weighted by molar-refractivity contribution is -0.118. The van der Waals surface area contributed by atoms with Crippen molar-refractivity contribution in [1.82, 2.24) is 4.98 Å². The monoisotopic (exact) mass is 386 g/mol. The second-order valence-electron chi connectivity index (χ2n) is 6.51. The molecule has 1 aliphatic heterocycles. The first-order valence-electron chi connectivity index (χ1n) is 9.07. The van der Waals surface area contributed by atoms with Gasteiger partial charge < -0.3 is 4.74 Å². The van der Waals surface area contributed by atoms with Gasteiger partial charge in [-0.15, -0.1) is 11.3 Å². The van der Waals surface area contributed by atoms with Crippen LogP contribution in [-0.4, -0.2) is 30.1 Å². The number of thiophene rings is 1. The van der Waals surface area contributed by atoms with Gasteiger partial charge in [-0.25, -0.2) is 4.98 Å². The van der Waals surface area contributed by atoms with Crippen molar-refractivity contribution in [2.75, 3.05) is 18.1 Å². The molecule has 3 heterocycles. The topological polar surface area (TPSA) is 42.4 Å². The molecule has 1 aliphatic rings. The highest BCUT2D eigenvalue weighted by Crippen LogP contribution is 2.32. The minimum atomic E-state index is 0.0973. The van der Waals surface area contributed by atoms with Gasteiger partial charge in [-0.2, -0.15) is 0 Å². The third kappa shape index (κ3) is 3.68. The molecule has 1 fully saturated rings. The minimum Gasteiger partial charge on any atom is -0.376 e. The molecule has 0 aliphatic carbocycles. The number of aryl methyl sites for hydroxylation is 1. The Hall–Kier alpha value is -1.76. The van der Waals surface area contributed by atoms with Crippen molar-refractivity contribution in [2.24, 2.45) is 0 Å². The van der Waals surface area contributed by atoms with Gasteiger partial charge in [0.05, 0.1) is 29.3 Å². The van der Waals surface area contributed by atoms with E-state index in [1.807, 2.05) is 22.4 Å². The van der Waals surface area contributed by atoms with Crippen LogP contribution in [-0.2, 0) is 22.4 Å². The number of hydrogen-bond donors (Lipinski definition) is 0. The average molecular weight is 387 g/mol. The van der Waals surface area contributed by atoms with Gasteiger partial charge in [-0.3, -0.25) is 9.69 Å². The molecule has 0 bridgehead atoms. The molecule has 0 spiro atoms. The SMILES string of the molecule is CCc1cccc2sc(N(CC3CCCO3)C(=O)Cc3cccs3)nc12. The van der Waals surface area contributed by atoms with Crippen molar-refractivity contribution in [3.8, 4) is 0 Å². The maximum atomic E-state index is 13.1. The Morgan fingerprint density at radius 1 is 1.35 bits per heavy atom. The molecule has 6 heteroatoms. The summed E-state index contributed by atoms with van der Waals surface area (Å²) >= 11 is 3.22. The van der Waals surface area contributed by atoms with Crippen LogP contribution in [0.3, 0.4) is 0 Å². The van der Waals surface area contributed by atoms with Crippen LogP contribution in [0.4, 0.5) is 5.13 Å². The first-order valence-corrected chi connectivity index (χ1v) is 10.8. The second kappa shape index (κ2) is 7.86. The molecule has 136 valence electrons. The highest BCUT2D eigenvalue weighted by atomic mass is 32.1. The first-order chi connectivity index (χ1) is 12.7. The van der Waals surface area contributed by atoms with Crippen LogP contribution in [0.5, 0.6) is 0 Å². The number of amides is 1. The van der Waals surface area contributed by atoms with Crippen molar-refractivity contribution < 1.29 is 9.53 Å². The Morgan fingerprint density at radius 2 is 2.27 bits per heavy atom. The number of ether oxygens (including phenoxy) is 1. The number of nitrogens with zero attached hydrogens (tertiary/aromatic N) is 2. The zero-order valence-electron chi connectivity index (χ0n) is 14.8. The fourth-order valence-electron chi connectivity index (χ4n) is 3.33. The highest BCUT2D eigenvalue weighted by Gasteiger charge is 2.26. The second-order valence-corrected chi connectivity index (χ2v) is 8.55. The molecule has 4 rings (SSSR count). The van der Waals surface area contributed by atoms with Crippen LogP contribution in [0.15, 0.2) is 35.7 Å². The quantitative estimate of drug-likeness (QED) is 0.618. The molecule has 0 radical (unpaired) electrons. The predicted octanol–water partition coefficient (Wildman–Crippen LogP) is 4.67. The average Bonchev–Trinajstić information content (AvgIpc) is 3.39. The molecule has 3 aromatic rings. The summed E-state index contributed by atoms with van der Waals surface area (Å²) in [7, 11) is 0. The smallest absolute Gasteiger partial charge is 0.234 e. The van der Waals surface area contributed by atoms with Crippen LogP contribution < -0.4 is 4.90 Å². The van der Waals surface area contributed by atoms with Crippen LogP contribution in [0.2, 0.25) is 0 Å². The van der Waals surface area contributed by atoms with Gasteiger partial charge in [0.25, 0.3) is 0 Å². The molecule has 1 atom stereocenters. The fraction of sp³-hybridized carbons (Fsp3) is 0.400. The maximum Gasteiger partial charge on any atom is 0.234 e. The zero-order valence-corrected chi connectivity index (χ0v) is 16.4. The van der Waals surface area contributed by atoms with Crippen molar-refractivity contribution in [3.63, 3.8) is 0 Å². The number of hydrogen-bond acceptors (Lipinski definition) is 5. The molecule has 26 heavy (non-hydrogen) atoms. The normalized spacial score (nSPS) is 17.0. The summed E-state index contributed by atoms with van der Waals surface area (Å²) < 4.78 is 6.93. The van der Waals surface area contributed by atoms with E-state index in [-0.39, 0.29) is 12.0 Å². The van der Waals surface area contributed by atoms with E-state index < -0.39 is 0 Å². The summed E-state index contributed by atoms with van der Waals surface area (Å²) in [6.07, 6.45) is 3.54. The highest BCUT2D eigenvalue weighted by molar-refractivity contribution is 7.22. The van der Waals surface area contributed by atoms with E-state index in [2.05, 4.69) is 25.1 Å². The molecule has 1 aromatic carbocycles. The predicted molar refractivity (Wildman–Crippen MR) is 108 cm³/mol. The first kappa shape index (κ1) is 17.6. The van der Waals surface area contributed by atoms with E-state index in [1.54, 1.807) is 22.7 Å². The van der Waals surface area contributed by atoms with E-state index in [1.165, 1.54) is 5.56 Å².